The van der Waals surface area contributed by atoms with Gasteiger partial charge in [-0.05, 0) is 18.2 Å². The second kappa shape index (κ2) is 5.66. The number of carbonyl (C=O) groups is 2. The average molecular weight is 322 g/mol. The van der Waals surface area contributed by atoms with Gasteiger partial charge in [0.25, 0.3) is 5.91 Å². The van der Waals surface area contributed by atoms with Crippen LogP contribution in [0, 0.1) is 5.82 Å². The van der Waals surface area contributed by atoms with Gasteiger partial charge in [0.2, 0.25) is 0 Å². The third-order valence-electron chi connectivity index (χ3n) is 3.61. The summed E-state index contributed by atoms with van der Waals surface area (Å²) in [7, 11) is 2.77. The quantitative estimate of drug-likeness (QED) is 0.862. The van der Waals surface area contributed by atoms with Gasteiger partial charge in [-0.15, -0.1) is 0 Å². The fraction of sp³-hybridized carbons (Fsp3) is 0.375. The topological polar surface area (TPSA) is 71.8 Å². The Bertz CT molecular complexity index is 789. The number of carboxylic acid groups (broad SMARTS) is 1. The maximum absolute atomic E-state index is 13.6. The van der Waals surface area contributed by atoms with Gasteiger partial charge < -0.3 is 5.11 Å². The Kier molecular flexibility index (Phi) is 4.17. The number of carbonyl (C=O) groups excluding carboxylic acids is 1. The molecule has 124 valence electrons. The number of hydrogen-bond acceptors (Lipinski definition) is 3. The molecule has 2 aromatic rings. The fourth-order valence-corrected chi connectivity index (χ4v) is 2.63. The zero-order chi connectivity index (χ0) is 17.5. The standard InChI is InChI=1S/C16H19FN2O4/c1-16(2,3)13-12(14(20)18(4)23-5)10-7-6-9(17)8-11(10)19(13)15(21)22/h6-8H,1-5H3,(H,21,22). The second-order valence-corrected chi connectivity index (χ2v) is 6.24. The number of nitrogens with zero attached hydrogens (tertiary/aromatic N) is 2. The highest BCUT2D eigenvalue weighted by Gasteiger charge is 2.33. The lowest BCUT2D eigenvalue weighted by molar-refractivity contribution is -0.0757. The summed E-state index contributed by atoms with van der Waals surface area (Å²) >= 11 is 0. The third kappa shape index (κ3) is 2.79. The van der Waals surface area contributed by atoms with Gasteiger partial charge in [-0.1, -0.05) is 20.8 Å². The smallest absolute Gasteiger partial charge is 0.416 e. The summed E-state index contributed by atoms with van der Waals surface area (Å²) in [6.45, 7) is 5.38. The molecule has 1 aromatic carbocycles. The highest BCUT2D eigenvalue weighted by atomic mass is 19.1. The van der Waals surface area contributed by atoms with Crippen LogP contribution >= 0.6 is 0 Å². The molecule has 2 rings (SSSR count). The molecule has 0 fully saturated rings. The van der Waals surface area contributed by atoms with Gasteiger partial charge in [0, 0.05) is 23.5 Å². The fourth-order valence-electron chi connectivity index (χ4n) is 2.63. The Labute approximate surface area is 133 Å². The molecule has 23 heavy (non-hydrogen) atoms. The van der Waals surface area contributed by atoms with E-state index in [1.807, 2.05) is 0 Å². The molecule has 1 amide bonds. The molecule has 0 aliphatic heterocycles. The molecule has 0 aliphatic rings. The van der Waals surface area contributed by atoms with Gasteiger partial charge in [0.1, 0.15) is 5.82 Å². The van der Waals surface area contributed by atoms with Crippen LogP contribution in [-0.4, -0.2) is 40.9 Å². The van der Waals surface area contributed by atoms with Gasteiger partial charge in [0.15, 0.2) is 0 Å². The molecule has 0 saturated heterocycles. The first-order chi connectivity index (χ1) is 10.6. The number of aromatic nitrogens is 1. The van der Waals surface area contributed by atoms with Crippen molar-refractivity contribution >= 4 is 22.9 Å². The first kappa shape index (κ1) is 17.0. The van der Waals surface area contributed by atoms with E-state index in [1.54, 1.807) is 20.8 Å². The summed E-state index contributed by atoms with van der Waals surface area (Å²) in [5.74, 6) is -1.06. The number of fused-ring (bicyclic) bond motifs is 1. The van der Waals surface area contributed by atoms with Gasteiger partial charge in [-0.2, -0.15) is 0 Å². The van der Waals surface area contributed by atoms with Crippen LogP contribution in [0.2, 0.25) is 0 Å². The van der Waals surface area contributed by atoms with Crippen molar-refractivity contribution in [2.24, 2.45) is 0 Å². The minimum Gasteiger partial charge on any atom is -0.464 e. The molecule has 0 spiro atoms. The van der Waals surface area contributed by atoms with E-state index in [0.29, 0.717) is 11.1 Å². The number of amides is 1. The summed E-state index contributed by atoms with van der Waals surface area (Å²) in [4.78, 5) is 29.4. The summed E-state index contributed by atoms with van der Waals surface area (Å²) < 4.78 is 14.6. The number of rotatable bonds is 2. The molecule has 0 unspecified atom stereocenters. The van der Waals surface area contributed by atoms with E-state index in [-0.39, 0.29) is 11.1 Å². The Balaban J connectivity index is 2.99. The molecule has 0 saturated carbocycles. The minimum absolute atomic E-state index is 0.135. The number of halogens is 1. The molecule has 1 N–H and O–H groups in total. The molecule has 0 bridgehead atoms. The molecule has 0 atom stereocenters. The van der Waals surface area contributed by atoms with E-state index in [2.05, 4.69) is 0 Å². The van der Waals surface area contributed by atoms with Gasteiger partial charge >= 0.3 is 6.09 Å². The molecular formula is C16H19FN2O4. The van der Waals surface area contributed by atoms with Gasteiger partial charge in [0.05, 0.1) is 18.2 Å². The van der Waals surface area contributed by atoms with Crippen LogP contribution in [0.25, 0.3) is 10.9 Å². The maximum atomic E-state index is 13.6. The molecule has 1 heterocycles. The van der Waals surface area contributed by atoms with Crippen LogP contribution in [-0.2, 0) is 10.3 Å². The van der Waals surface area contributed by atoms with Crippen LogP contribution in [0.4, 0.5) is 9.18 Å². The van der Waals surface area contributed by atoms with Crippen molar-refractivity contribution in [3.8, 4) is 0 Å². The van der Waals surface area contributed by atoms with Crippen LogP contribution in [0.15, 0.2) is 18.2 Å². The molecule has 1 aromatic heterocycles. The predicted octanol–water partition coefficient (Wildman–Crippen LogP) is 3.24. The van der Waals surface area contributed by atoms with Crippen molar-refractivity contribution < 1.29 is 23.9 Å². The molecule has 0 aliphatic carbocycles. The lowest BCUT2D eigenvalue weighted by atomic mass is 9.88. The summed E-state index contributed by atoms with van der Waals surface area (Å²) in [5.41, 5.74) is -0.0398. The maximum Gasteiger partial charge on any atom is 0.416 e. The zero-order valence-electron chi connectivity index (χ0n) is 13.7. The van der Waals surface area contributed by atoms with Crippen molar-refractivity contribution in [3.63, 3.8) is 0 Å². The third-order valence-corrected chi connectivity index (χ3v) is 3.61. The summed E-state index contributed by atoms with van der Waals surface area (Å²) in [6.07, 6.45) is -1.27. The first-order valence-corrected chi connectivity index (χ1v) is 6.99. The molecule has 6 nitrogen and oxygen atoms in total. The van der Waals surface area contributed by atoms with Crippen molar-refractivity contribution in [2.75, 3.05) is 14.2 Å². The lowest BCUT2D eigenvalue weighted by Gasteiger charge is -2.23. The monoisotopic (exact) mass is 322 g/mol. The summed E-state index contributed by atoms with van der Waals surface area (Å²) in [6, 6.07) is 3.73. The van der Waals surface area contributed by atoms with Crippen molar-refractivity contribution in [3.05, 3.63) is 35.3 Å². The van der Waals surface area contributed by atoms with E-state index in [1.165, 1.54) is 26.3 Å². The Morgan fingerprint density at radius 2 is 1.91 bits per heavy atom. The Hall–Kier alpha value is -2.41. The second-order valence-electron chi connectivity index (χ2n) is 6.24. The van der Waals surface area contributed by atoms with Crippen LogP contribution in [0.3, 0.4) is 0 Å². The normalized spacial score (nSPS) is 11.7. The van der Waals surface area contributed by atoms with Crippen molar-refractivity contribution in [2.45, 2.75) is 26.2 Å². The van der Waals surface area contributed by atoms with Crippen LogP contribution < -0.4 is 0 Å². The van der Waals surface area contributed by atoms with E-state index in [0.717, 1.165) is 15.7 Å². The van der Waals surface area contributed by atoms with E-state index < -0.39 is 23.2 Å². The largest absolute Gasteiger partial charge is 0.464 e. The molecule has 7 heteroatoms. The van der Waals surface area contributed by atoms with Crippen LogP contribution in [0.5, 0.6) is 0 Å². The average Bonchev–Trinajstić information content (AvgIpc) is 2.79. The summed E-state index contributed by atoms with van der Waals surface area (Å²) in [5, 5.41) is 11.0. The van der Waals surface area contributed by atoms with E-state index in [9.17, 15) is 19.1 Å². The van der Waals surface area contributed by atoms with Gasteiger partial charge in [-0.3, -0.25) is 9.63 Å². The SMILES string of the molecule is CON(C)C(=O)c1c(C(C)(C)C)n(C(=O)O)c2cc(F)ccc12. The molecule has 0 radical (unpaired) electrons. The minimum atomic E-state index is -1.27. The number of hydrogen-bond donors (Lipinski definition) is 1. The highest BCUT2D eigenvalue weighted by molar-refractivity contribution is 6.10. The Morgan fingerprint density at radius 1 is 1.30 bits per heavy atom. The van der Waals surface area contributed by atoms with Crippen LogP contribution in [0.1, 0.15) is 36.8 Å². The van der Waals surface area contributed by atoms with Crippen molar-refractivity contribution in [1.29, 1.82) is 0 Å². The Morgan fingerprint density at radius 3 is 2.39 bits per heavy atom. The number of hydroxylamine groups is 2. The van der Waals surface area contributed by atoms with Gasteiger partial charge in [-0.25, -0.2) is 18.8 Å². The van der Waals surface area contributed by atoms with E-state index in [4.69, 9.17) is 4.84 Å². The van der Waals surface area contributed by atoms with E-state index >= 15 is 0 Å². The zero-order valence-corrected chi connectivity index (χ0v) is 13.7. The first-order valence-electron chi connectivity index (χ1n) is 6.99. The highest BCUT2D eigenvalue weighted by Crippen LogP contribution is 2.35. The lowest BCUT2D eigenvalue weighted by Crippen LogP contribution is -2.30. The molecular weight excluding hydrogens is 303 g/mol. The van der Waals surface area contributed by atoms with Crippen molar-refractivity contribution in [1.82, 2.24) is 9.63 Å². The predicted molar refractivity (Wildman–Crippen MR) is 83.1 cm³/mol. The number of benzene rings is 1.